The van der Waals surface area contributed by atoms with Crippen LogP contribution >= 0.6 is 11.8 Å². The number of rotatable bonds is 5. The van der Waals surface area contributed by atoms with E-state index in [1.165, 1.54) is 109 Å². The number of hydrogen-bond donors (Lipinski definition) is 0. The third kappa shape index (κ3) is 4.37. The number of allylic oxidation sites excluding steroid dienone is 3. The Labute approximate surface area is 340 Å². The topological polar surface area (TPSA) is 3.24 Å². The van der Waals surface area contributed by atoms with E-state index in [-0.39, 0.29) is 16.1 Å². The second-order valence-corrected chi connectivity index (χ2v) is 18.0. The Bertz CT molecular complexity index is 2760. The Morgan fingerprint density at radius 2 is 1.12 bits per heavy atom. The molecule has 0 aromatic heterocycles. The summed E-state index contributed by atoms with van der Waals surface area (Å²) in [6.07, 6.45) is 12.3. The third-order valence-corrected chi connectivity index (χ3v) is 15.7. The molecule has 2 unspecified atom stereocenters. The molecular formula is C55H43NS. The first-order valence-electron chi connectivity index (χ1n) is 20.7. The van der Waals surface area contributed by atoms with E-state index in [1.54, 1.807) is 0 Å². The fraction of sp³-hybridized carbons (Fsp3) is 0.164. The maximum absolute atomic E-state index is 2.63. The second-order valence-electron chi connectivity index (χ2n) is 16.8. The lowest BCUT2D eigenvalue weighted by molar-refractivity contribution is 0.550. The van der Waals surface area contributed by atoms with Gasteiger partial charge in [-0.3, -0.25) is 0 Å². The van der Waals surface area contributed by atoms with Gasteiger partial charge in [-0.1, -0.05) is 178 Å². The average molecular weight is 750 g/mol. The molecular weight excluding hydrogens is 707 g/mol. The van der Waals surface area contributed by atoms with Crippen LogP contribution in [0.4, 0.5) is 11.4 Å². The van der Waals surface area contributed by atoms with E-state index >= 15 is 0 Å². The number of benzene rings is 7. The van der Waals surface area contributed by atoms with Gasteiger partial charge in [0.1, 0.15) is 0 Å². The number of fused-ring (bicyclic) bond motifs is 11. The van der Waals surface area contributed by atoms with E-state index in [1.807, 2.05) is 0 Å². The number of para-hydroxylation sites is 1. The van der Waals surface area contributed by atoms with Gasteiger partial charge in [0.05, 0.1) is 16.4 Å². The summed E-state index contributed by atoms with van der Waals surface area (Å²) in [5, 5.41) is 0.145. The number of hydrogen-bond acceptors (Lipinski definition) is 2. The smallest absolute Gasteiger partial charge is 0.0716 e. The highest BCUT2D eigenvalue weighted by Gasteiger charge is 2.54. The summed E-state index contributed by atoms with van der Waals surface area (Å²) >= 11 is 2.05. The van der Waals surface area contributed by atoms with Crippen molar-refractivity contribution < 1.29 is 0 Å². The minimum Gasteiger partial charge on any atom is -0.312 e. The zero-order chi connectivity index (χ0) is 37.8. The Balaban J connectivity index is 1.08. The minimum atomic E-state index is -0.466. The molecule has 0 radical (unpaired) electrons. The fourth-order valence-corrected chi connectivity index (χ4v) is 13.5. The van der Waals surface area contributed by atoms with Crippen LogP contribution in [-0.4, -0.2) is 5.25 Å². The molecule has 4 aliphatic carbocycles. The van der Waals surface area contributed by atoms with E-state index in [0.717, 1.165) is 0 Å². The summed E-state index contributed by atoms with van der Waals surface area (Å²) in [6.45, 7) is 2.51. The predicted molar refractivity (Wildman–Crippen MR) is 238 cm³/mol. The summed E-state index contributed by atoms with van der Waals surface area (Å²) in [5.74, 6) is 0. The Hall–Kier alpha value is -5.83. The first-order valence-corrected chi connectivity index (χ1v) is 21.6. The summed E-state index contributed by atoms with van der Waals surface area (Å²) in [6, 6.07) is 64.3. The maximum atomic E-state index is 2.63. The van der Waals surface area contributed by atoms with E-state index in [9.17, 15) is 0 Å². The molecule has 0 N–H and O–H groups in total. The van der Waals surface area contributed by atoms with Gasteiger partial charge in [0.15, 0.2) is 0 Å². The molecule has 0 amide bonds. The molecule has 7 aromatic carbocycles. The van der Waals surface area contributed by atoms with E-state index in [4.69, 9.17) is 0 Å². The molecule has 1 aliphatic heterocycles. The molecule has 2 atom stereocenters. The Kier molecular flexibility index (Phi) is 7.21. The van der Waals surface area contributed by atoms with Gasteiger partial charge in [0.2, 0.25) is 0 Å². The van der Waals surface area contributed by atoms with Crippen LogP contribution in [0, 0.1) is 0 Å². The van der Waals surface area contributed by atoms with Crippen molar-refractivity contribution in [2.75, 3.05) is 4.90 Å². The SMILES string of the molecule is CC12C=CC=C(N(c3ccccc3)c3cccc4c3-c3ccccc3C43CCCC3)C1Sc1cccc(C3(c4ccccc4)c4ccccc4-c4ccccc43)c12. The lowest BCUT2D eigenvalue weighted by Crippen LogP contribution is -2.40. The molecule has 57 heavy (non-hydrogen) atoms. The molecule has 5 aliphatic rings. The molecule has 0 saturated heterocycles. The molecule has 2 heteroatoms. The van der Waals surface area contributed by atoms with Crippen LogP contribution in [0.2, 0.25) is 0 Å². The molecule has 7 aromatic rings. The normalized spacial score (nSPS) is 20.9. The van der Waals surface area contributed by atoms with Gasteiger partial charge < -0.3 is 4.90 Å². The summed E-state index contributed by atoms with van der Waals surface area (Å²) in [4.78, 5) is 4.00. The maximum Gasteiger partial charge on any atom is 0.0716 e. The van der Waals surface area contributed by atoms with Crippen molar-refractivity contribution in [3.8, 4) is 22.3 Å². The fourth-order valence-electron chi connectivity index (χ4n) is 11.9. The number of thioether (sulfide) groups is 1. The Morgan fingerprint density at radius 3 is 1.84 bits per heavy atom. The van der Waals surface area contributed by atoms with E-state index in [0.29, 0.717) is 0 Å². The van der Waals surface area contributed by atoms with Gasteiger partial charge in [0.25, 0.3) is 0 Å². The van der Waals surface area contributed by atoms with Crippen molar-refractivity contribution in [2.24, 2.45) is 0 Å². The lowest BCUT2D eigenvalue weighted by Gasteiger charge is -2.42. The van der Waals surface area contributed by atoms with Gasteiger partial charge in [-0.15, -0.1) is 11.8 Å². The number of nitrogens with zero attached hydrogens (tertiary/aromatic N) is 1. The van der Waals surface area contributed by atoms with Crippen molar-refractivity contribution in [1.82, 2.24) is 0 Å². The Morgan fingerprint density at radius 1 is 0.544 bits per heavy atom. The highest BCUT2D eigenvalue weighted by molar-refractivity contribution is 8.00. The van der Waals surface area contributed by atoms with Crippen molar-refractivity contribution in [2.45, 2.75) is 59.0 Å². The first-order chi connectivity index (χ1) is 28.1. The molecule has 1 spiro atoms. The summed E-state index contributed by atoms with van der Waals surface area (Å²) < 4.78 is 0. The molecule has 1 heterocycles. The molecule has 12 rings (SSSR count). The lowest BCUT2D eigenvalue weighted by atomic mass is 9.62. The van der Waals surface area contributed by atoms with Gasteiger partial charge in [-0.2, -0.15) is 0 Å². The monoisotopic (exact) mass is 749 g/mol. The zero-order valence-electron chi connectivity index (χ0n) is 32.2. The zero-order valence-corrected chi connectivity index (χ0v) is 33.0. The van der Waals surface area contributed by atoms with Crippen LogP contribution in [-0.2, 0) is 16.2 Å². The van der Waals surface area contributed by atoms with Gasteiger partial charge in [-0.25, -0.2) is 0 Å². The first kappa shape index (κ1) is 33.3. The van der Waals surface area contributed by atoms with Crippen molar-refractivity contribution in [3.05, 3.63) is 233 Å². The van der Waals surface area contributed by atoms with Crippen molar-refractivity contribution in [1.29, 1.82) is 0 Å². The number of anilines is 2. The summed E-state index contributed by atoms with van der Waals surface area (Å²) in [5.41, 5.74) is 18.6. The standard InChI is InChI=1S/C55H43NS/c1-53-34-18-32-48(56(38-21-6-3-7-22-38)47-31-16-29-45-50(47)41-25-10-11-26-42(41)54(45)35-14-15-36-54)52(53)57-49-33-17-30-46(51(49)53)55(37-19-4-2-5-20-37)43-27-12-8-23-39(43)40-24-9-13-28-44(40)55/h2-13,16-34,52H,14-15,35-36H2,1H3. The summed E-state index contributed by atoms with van der Waals surface area (Å²) in [7, 11) is 0. The molecule has 1 saturated carbocycles. The van der Waals surface area contributed by atoms with E-state index < -0.39 is 5.41 Å². The van der Waals surface area contributed by atoms with Crippen molar-refractivity contribution in [3.63, 3.8) is 0 Å². The average Bonchev–Trinajstić information content (AvgIpc) is 4.03. The quantitative estimate of drug-likeness (QED) is 0.172. The van der Waals surface area contributed by atoms with Crippen LogP contribution in [0.1, 0.15) is 71.6 Å². The predicted octanol–water partition coefficient (Wildman–Crippen LogP) is 13.9. The van der Waals surface area contributed by atoms with Crippen LogP contribution < -0.4 is 4.90 Å². The van der Waals surface area contributed by atoms with Crippen LogP contribution in [0.3, 0.4) is 0 Å². The van der Waals surface area contributed by atoms with Gasteiger partial charge >= 0.3 is 0 Å². The highest BCUT2D eigenvalue weighted by atomic mass is 32.2. The molecule has 274 valence electrons. The van der Waals surface area contributed by atoms with Crippen molar-refractivity contribution >= 4 is 23.1 Å². The molecule has 0 bridgehead atoms. The second kappa shape index (κ2) is 12.3. The van der Waals surface area contributed by atoms with Crippen LogP contribution in [0.15, 0.2) is 199 Å². The van der Waals surface area contributed by atoms with Gasteiger partial charge in [0, 0.05) is 32.7 Å². The highest BCUT2D eigenvalue weighted by Crippen LogP contribution is 2.65. The third-order valence-electron chi connectivity index (χ3n) is 14.1. The van der Waals surface area contributed by atoms with Gasteiger partial charge in [-0.05, 0) is 98.8 Å². The minimum absolute atomic E-state index is 0.104. The van der Waals surface area contributed by atoms with E-state index in [2.05, 4.69) is 212 Å². The van der Waals surface area contributed by atoms with Crippen LogP contribution in [0.5, 0.6) is 0 Å². The molecule has 1 nitrogen and oxygen atoms in total. The molecule has 1 fully saturated rings. The van der Waals surface area contributed by atoms with Crippen LogP contribution in [0.25, 0.3) is 22.3 Å². The largest absolute Gasteiger partial charge is 0.312 e.